The van der Waals surface area contributed by atoms with Crippen molar-refractivity contribution in [1.82, 2.24) is 0 Å². The molecule has 19 heteroatoms. The highest BCUT2D eigenvalue weighted by molar-refractivity contribution is 7.47. The van der Waals surface area contributed by atoms with Gasteiger partial charge >= 0.3 is 27.6 Å². The van der Waals surface area contributed by atoms with Gasteiger partial charge in [0.1, 0.15) is 43.2 Å². The first-order valence-electron chi connectivity index (χ1n) is 23.5. The van der Waals surface area contributed by atoms with Crippen LogP contribution in [0.15, 0.2) is 109 Å². The van der Waals surface area contributed by atoms with Crippen LogP contribution < -0.4 is 0 Å². The van der Waals surface area contributed by atoms with E-state index in [0.29, 0.717) is 32.1 Å². The molecule has 1 aliphatic carbocycles. The molecule has 0 aromatic carbocycles. The van der Waals surface area contributed by atoms with Crippen LogP contribution in [0.4, 0.5) is 0 Å². The van der Waals surface area contributed by atoms with E-state index in [-0.39, 0.29) is 12.8 Å². The van der Waals surface area contributed by atoms with Gasteiger partial charge in [0, 0.05) is 12.8 Å². The van der Waals surface area contributed by atoms with Crippen LogP contribution in [0.25, 0.3) is 0 Å². The lowest BCUT2D eigenvalue weighted by molar-refractivity contribution is -0.216. The van der Waals surface area contributed by atoms with Gasteiger partial charge in [0.25, 0.3) is 0 Å². The molecule has 0 aromatic rings. The van der Waals surface area contributed by atoms with Crippen LogP contribution in [0.2, 0.25) is 0 Å². The molecule has 68 heavy (non-hydrogen) atoms. The Morgan fingerprint density at radius 2 is 1.03 bits per heavy atom. The summed E-state index contributed by atoms with van der Waals surface area (Å²) in [4.78, 5) is 54.3. The zero-order valence-corrected chi connectivity index (χ0v) is 41.4. The van der Waals surface area contributed by atoms with Crippen molar-refractivity contribution in [2.24, 2.45) is 0 Å². The molecule has 1 fully saturated rings. The van der Waals surface area contributed by atoms with Gasteiger partial charge in [0.2, 0.25) is 0 Å². The number of carbonyl (C=O) groups excluding carboxylic acids is 2. The third-order valence-corrected chi connectivity index (χ3v) is 11.5. The van der Waals surface area contributed by atoms with E-state index in [0.717, 1.165) is 64.2 Å². The van der Waals surface area contributed by atoms with Gasteiger partial charge in [0.15, 0.2) is 6.10 Å². The van der Waals surface area contributed by atoms with E-state index in [1.54, 1.807) is 6.08 Å². The largest absolute Gasteiger partial charge is 0.472 e. The number of ether oxygens (including phenoxy) is 2. The molecular formula is C49H78O17P2. The molecule has 1 aliphatic rings. The second-order valence-electron chi connectivity index (χ2n) is 15.9. The average Bonchev–Trinajstić information content (AvgIpc) is 3.29. The van der Waals surface area contributed by atoms with Crippen LogP contribution in [0, 0.1) is 0 Å². The van der Waals surface area contributed by atoms with Crippen molar-refractivity contribution >= 4 is 27.6 Å². The summed E-state index contributed by atoms with van der Waals surface area (Å²) in [5, 5.41) is 50.7. The van der Waals surface area contributed by atoms with Crippen LogP contribution in [-0.4, -0.2) is 114 Å². The van der Waals surface area contributed by atoms with Gasteiger partial charge in [-0.25, -0.2) is 9.13 Å². The minimum absolute atomic E-state index is 0.0608. The van der Waals surface area contributed by atoms with Crippen LogP contribution in [0.1, 0.15) is 123 Å². The molecule has 9 atom stereocenters. The van der Waals surface area contributed by atoms with Crippen molar-refractivity contribution in [3.8, 4) is 0 Å². The Labute approximate surface area is 402 Å². The third kappa shape index (κ3) is 32.4. The summed E-state index contributed by atoms with van der Waals surface area (Å²) >= 11 is 0. The van der Waals surface area contributed by atoms with Gasteiger partial charge in [-0.2, -0.15) is 0 Å². The number of carbonyl (C=O) groups is 2. The lowest BCUT2D eigenvalue weighted by Gasteiger charge is -2.43. The predicted molar refractivity (Wildman–Crippen MR) is 261 cm³/mol. The summed E-state index contributed by atoms with van der Waals surface area (Å²) in [5.74, 6) is -1.33. The summed E-state index contributed by atoms with van der Waals surface area (Å²) in [5.41, 5.74) is 0. The molecule has 0 spiro atoms. The molecule has 17 nitrogen and oxygen atoms in total. The monoisotopic (exact) mass is 1000 g/mol. The first-order valence-corrected chi connectivity index (χ1v) is 26.6. The minimum atomic E-state index is -5.38. The van der Waals surface area contributed by atoms with Crippen molar-refractivity contribution in [2.75, 3.05) is 13.2 Å². The molecule has 0 radical (unpaired) electrons. The maximum absolute atomic E-state index is 13.0. The number of unbranched alkanes of at least 4 members (excludes halogenated alkanes) is 5. The molecule has 0 aromatic heterocycles. The number of phosphoric acid groups is 2. The van der Waals surface area contributed by atoms with E-state index in [2.05, 4.69) is 66.1 Å². The number of phosphoric ester groups is 2. The van der Waals surface area contributed by atoms with Gasteiger partial charge in [-0.1, -0.05) is 136 Å². The van der Waals surface area contributed by atoms with Crippen molar-refractivity contribution in [3.05, 3.63) is 109 Å². The SMILES string of the molecule is CC/C=C\C/C=C\C/C=C\C/C=C\CCCCCCC(=O)OC[C@H](COP(=O)(O)O[C@H]1C(O)C(O)C(O)[C@@H](OP(=O)(O)O)C1O)OC(=O)CCC/C=C\C/C=C\C/C=C\C/C=C\C=C\[C@H](O)CC. The van der Waals surface area contributed by atoms with Gasteiger partial charge in [0.05, 0.1) is 12.7 Å². The van der Waals surface area contributed by atoms with Crippen molar-refractivity contribution in [3.63, 3.8) is 0 Å². The Kier molecular flexibility index (Phi) is 35.4. The van der Waals surface area contributed by atoms with Crippen molar-refractivity contribution in [1.29, 1.82) is 0 Å². The van der Waals surface area contributed by atoms with Gasteiger partial charge in [-0.05, 0) is 83.5 Å². The summed E-state index contributed by atoms with van der Waals surface area (Å²) in [6.45, 7) is 2.58. The first-order chi connectivity index (χ1) is 32.5. The minimum Gasteiger partial charge on any atom is -0.462 e. The topological polar surface area (TPSA) is 276 Å². The second kappa shape index (κ2) is 38.4. The standard InChI is InChI=1S/C49H78O17P2/c1-3-5-6-7-8-9-10-11-12-13-14-18-21-24-27-30-33-36-42(51)62-38-41(39-63-68(60,61)66-49-46(55)44(53)45(54)48(47(49)56)65-67(57,58)59)64-43(52)37-34-31-28-25-22-19-16-15-17-20-23-26-29-32-35-40(50)4-2/h5-6,8-9,11-12,14,16-20,25-26,28-29,32,35,40-41,44-50,53-56H,3-4,7,10,13,15,21-24,27,30-31,33-34,36-39H2,1-2H3,(H,60,61)(H2,57,58,59)/b6-5-,9-8-,12-11-,18-14-,19-16-,20-17-,28-25-,29-26-,35-32+/t40-,41-,44?,45?,46?,47?,48-,49+/m1/s1. The summed E-state index contributed by atoms with van der Waals surface area (Å²) in [7, 11) is -10.7. The summed E-state index contributed by atoms with van der Waals surface area (Å²) in [6.07, 6.45) is 32.8. The van der Waals surface area contributed by atoms with E-state index in [9.17, 15) is 58.9 Å². The molecule has 8 N–H and O–H groups in total. The number of esters is 2. The van der Waals surface area contributed by atoms with E-state index in [1.807, 2.05) is 55.5 Å². The number of aliphatic hydroxyl groups is 5. The Bertz CT molecular complexity index is 1750. The van der Waals surface area contributed by atoms with E-state index < -0.39 is 89.6 Å². The summed E-state index contributed by atoms with van der Waals surface area (Å²) < 4.78 is 49.3. The normalized spacial score (nSPS) is 22.7. The lowest BCUT2D eigenvalue weighted by atomic mass is 9.85. The molecular weight excluding hydrogens is 922 g/mol. The van der Waals surface area contributed by atoms with Crippen LogP contribution in [0.3, 0.4) is 0 Å². The van der Waals surface area contributed by atoms with E-state index in [4.69, 9.17) is 18.5 Å². The molecule has 1 saturated carbocycles. The van der Waals surface area contributed by atoms with Crippen molar-refractivity contribution in [2.45, 2.75) is 172 Å². The highest BCUT2D eigenvalue weighted by Gasteiger charge is 2.54. The molecule has 0 saturated heterocycles. The van der Waals surface area contributed by atoms with Gasteiger partial charge in [-0.3, -0.25) is 23.2 Å². The average molecular weight is 1000 g/mol. The maximum atomic E-state index is 13.0. The fourth-order valence-electron chi connectivity index (χ4n) is 6.24. The fraction of sp³-hybridized carbons (Fsp3) is 0.592. The molecule has 5 unspecified atom stereocenters. The maximum Gasteiger partial charge on any atom is 0.472 e. The predicted octanol–water partition coefficient (Wildman–Crippen LogP) is 7.92. The summed E-state index contributed by atoms with van der Waals surface area (Å²) in [6, 6.07) is 0. The van der Waals surface area contributed by atoms with E-state index >= 15 is 0 Å². The quantitative estimate of drug-likeness (QED) is 0.00965. The molecule has 0 amide bonds. The Morgan fingerprint density at radius 1 is 0.544 bits per heavy atom. The Hall–Kier alpha value is -3.38. The highest BCUT2D eigenvalue weighted by Crippen LogP contribution is 2.49. The number of rotatable bonds is 37. The molecule has 0 aliphatic heterocycles. The lowest BCUT2D eigenvalue weighted by Crippen LogP contribution is -2.64. The van der Waals surface area contributed by atoms with E-state index in [1.165, 1.54) is 0 Å². The second-order valence-corrected chi connectivity index (χ2v) is 18.5. The molecule has 0 heterocycles. The van der Waals surface area contributed by atoms with Crippen LogP contribution >= 0.6 is 15.6 Å². The Balaban J connectivity index is 2.67. The number of allylic oxidation sites excluding steroid dienone is 17. The van der Waals surface area contributed by atoms with Crippen LogP contribution in [0.5, 0.6) is 0 Å². The van der Waals surface area contributed by atoms with Gasteiger partial charge in [-0.15, -0.1) is 0 Å². The molecule has 386 valence electrons. The molecule has 1 rings (SSSR count). The number of aliphatic hydroxyl groups excluding tert-OH is 5. The first kappa shape index (κ1) is 62.6. The number of hydrogen-bond donors (Lipinski definition) is 8. The fourth-order valence-corrected chi connectivity index (χ4v) is 7.78. The van der Waals surface area contributed by atoms with Crippen LogP contribution in [-0.2, 0) is 41.8 Å². The zero-order chi connectivity index (χ0) is 50.5. The third-order valence-electron chi connectivity index (χ3n) is 10.00. The van der Waals surface area contributed by atoms with Gasteiger partial charge < -0.3 is 49.7 Å². The Morgan fingerprint density at radius 3 is 1.57 bits per heavy atom. The zero-order valence-electron chi connectivity index (χ0n) is 39.6. The number of hydrogen-bond acceptors (Lipinski definition) is 14. The van der Waals surface area contributed by atoms with Crippen molar-refractivity contribution < 1.29 is 82.0 Å². The highest BCUT2D eigenvalue weighted by atomic mass is 31.2. The smallest absolute Gasteiger partial charge is 0.462 e. The molecule has 0 bridgehead atoms.